The lowest BCUT2D eigenvalue weighted by Gasteiger charge is -2.08. The summed E-state index contributed by atoms with van der Waals surface area (Å²) in [5.74, 6) is -0.131. The van der Waals surface area contributed by atoms with Crippen molar-refractivity contribution in [3.05, 3.63) is 29.0 Å². The molecule has 1 aromatic carbocycles. The number of anilines is 1. The molecule has 2 aromatic rings. The smallest absolute Gasteiger partial charge is 0.224 e. The monoisotopic (exact) mass is 309 g/mol. The van der Waals surface area contributed by atoms with E-state index in [9.17, 15) is 4.79 Å². The Balaban J connectivity index is 2.24. The first-order chi connectivity index (χ1) is 8.72. The zero-order valence-electron chi connectivity index (χ0n) is 9.56. The molecule has 2 rings (SSSR count). The summed E-state index contributed by atoms with van der Waals surface area (Å²) in [6.07, 6.45) is 3.97. The molecule has 0 atom stereocenters. The van der Waals surface area contributed by atoms with Crippen LogP contribution in [0.4, 0.5) is 5.69 Å². The lowest BCUT2D eigenvalue weighted by Crippen LogP contribution is -2.12. The third kappa shape index (κ3) is 2.83. The average molecular weight is 310 g/mol. The summed E-state index contributed by atoms with van der Waals surface area (Å²) in [6, 6.07) is 3.58. The molecule has 5 nitrogen and oxygen atoms in total. The Morgan fingerprint density at radius 1 is 1.33 bits per heavy atom. The zero-order valence-corrected chi connectivity index (χ0v) is 11.1. The third-order valence-corrected chi connectivity index (χ3v) is 3.22. The van der Waals surface area contributed by atoms with Crippen molar-refractivity contribution in [2.45, 2.75) is 12.8 Å². The van der Waals surface area contributed by atoms with E-state index < -0.39 is 0 Å². The highest BCUT2D eigenvalue weighted by Crippen LogP contribution is 2.28. The lowest BCUT2D eigenvalue weighted by molar-refractivity contribution is -0.116. The summed E-state index contributed by atoms with van der Waals surface area (Å²) in [4.78, 5) is 20.0. The van der Waals surface area contributed by atoms with Crippen LogP contribution in [0.2, 0.25) is 0 Å². The third-order valence-electron chi connectivity index (χ3n) is 2.41. The number of amides is 1. The Labute approximate surface area is 112 Å². The van der Waals surface area contributed by atoms with Crippen LogP contribution in [0, 0.1) is 0 Å². The number of carbonyl (C=O) groups excluding carboxylic acids is 1. The number of rotatable bonds is 4. The fraction of sp³-hybridized carbons (Fsp3) is 0.250. The first-order valence-corrected chi connectivity index (χ1v) is 6.31. The number of carbonyl (C=O) groups is 1. The van der Waals surface area contributed by atoms with E-state index in [1.54, 1.807) is 24.5 Å². The minimum Gasteiger partial charge on any atom is -0.396 e. The number of fused-ring (bicyclic) bond motifs is 1. The number of aliphatic hydroxyl groups excluding tert-OH is 1. The second-order valence-electron chi connectivity index (χ2n) is 3.73. The first kappa shape index (κ1) is 12.9. The molecule has 1 heterocycles. The van der Waals surface area contributed by atoms with E-state index in [-0.39, 0.29) is 12.5 Å². The molecule has 0 spiro atoms. The highest BCUT2D eigenvalue weighted by atomic mass is 79.9. The Bertz CT molecular complexity index is 574. The number of aromatic nitrogens is 2. The molecule has 0 bridgehead atoms. The Morgan fingerprint density at radius 3 is 2.89 bits per heavy atom. The van der Waals surface area contributed by atoms with Crippen LogP contribution in [0.5, 0.6) is 0 Å². The minimum absolute atomic E-state index is 0.0117. The topological polar surface area (TPSA) is 75.1 Å². The van der Waals surface area contributed by atoms with Crippen molar-refractivity contribution in [1.29, 1.82) is 0 Å². The molecule has 0 unspecified atom stereocenters. The molecule has 0 saturated heterocycles. The van der Waals surface area contributed by atoms with Crippen LogP contribution in [0.3, 0.4) is 0 Å². The van der Waals surface area contributed by atoms with Crippen LogP contribution < -0.4 is 5.32 Å². The Kier molecular flexibility index (Phi) is 4.22. The molecule has 1 aromatic heterocycles. The van der Waals surface area contributed by atoms with E-state index in [1.807, 2.05) is 0 Å². The highest BCUT2D eigenvalue weighted by molar-refractivity contribution is 9.10. The molecule has 0 radical (unpaired) electrons. The van der Waals surface area contributed by atoms with Crippen molar-refractivity contribution >= 4 is 38.6 Å². The van der Waals surface area contributed by atoms with Crippen LogP contribution in [0.15, 0.2) is 29.0 Å². The summed E-state index contributed by atoms with van der Waals surface area (Å²) in [7, 11) is 0. The minimum atomic E-state index is -0.131. The van der Waals surface area contributed by atoms with Gasteiger partial charge in [0, 0.05) is 25.4 Å². The molecule has 0 aliphatic rings. The maximum atomic E-state index is 11.6. The summed E-state index contributed by atoms with van der Waals surface area (Å²) in [6.45, 7) is 0.0117. The number of hydrogen-bond donors (Lipinski definition) is 2. The van der Waals surface area contributed by atoms with Crippen LogP contribution in [-0.4, -0.2) is 27.6 Å². The van der Waals surface area contributed by atoms with Crippen LogP contribution in [0.1, 0.15) is 12.8 Å². The van der Waals surface area contributed by atoms with Gasteiger partial charge in [0.2, 0.25) is 5.91 Å². The van der Waals surface area contributed by atoms with Gasteiger partial charge in [-0.2, -0.15) is 0 Å². The van der Waals surface area contributed by atoms with Gasteiger partial charge in [-0.15, -0.1) is 0 Å². The van der Waals surface area contributed by atoms with E-state index in [0.29, 0.717) is 28.5 Å². The van der Waals surface area contributed by atoms with Crippen molar-refractivity contribution in [1.82, 2.24) is 9.97 Å². The summed E-state index contributed by atoms with van der Waals surface area (Å²) in [5, 5.41) is 11.4. The van der Waals surface area contributed by atoms with Crippen molar-refractivity contribution < 1.29 is 9.90 Å². The molecule has 0 fully saturated rings. The van der Waals surface area contributed by atoms with Gasteiger partial charge in [0.05, 0.1) is 15.7 Å². The van der Waals surface area contributed by atoms with E-state index in [2.05, 4.69) is 31.2 Å². The summed E-state index contributed by atoms with van der Waals surface area (Å²) >= 11 is 3.41. The molecule has 0 aliphatic carbocycles. The van der Waals surface area contributed by atoms with Gasteiger partial charge in [0.15, 0.2) is 0 Å². The normalized spacial score (nSPS) is 10.6. The maximum Gasteiger partial charge on any atom is 0.224 e. The Hall–Kier alpha value is -1.53. The number of halogens is 1. The second-order valence-corrected chi connectivity index (χ2v) is 4.52. The standard InChI is InChI=1S/C12H12BrN3O2/c13-11-8(16-10(18)2-1-7-17)3-4-9-12(11)15-6-5-14-9/h3-6,17H,1-2,7H2,(H,16,18). The molecule has 2 N–H and O–H groups in total. The molecular weight excluding hydrogens is 298 g/mol. The quantitative estimate of drug-likeness (QED) is 0.907. The molecule has 0 saturated carbocycles. The van der Waals surface area contributed by atoms with Crippen molar-refractivity contribution in [2.75, 3.05) is 11.9 Å². The molecule has 6 heteroatoms. The fourth-order valence-corrected chi connectivity index (χ4v) is 2.09. The van der Waals surface area contributed by atoms with Gasteiger partial charge in [-0.1, -0.05) is 0 Å². The van der Waals surface area contributed by atoms with Gasteiger partial charge in [0.1, 0.15) is 5.52 Å². The van der Waals surface area contributed by atoms with Crippen LogP contribution in [0.25, 0.3) is 11.0 Å². The predicted molar refractivity (Wildman–Crippen MR) is 72.2 cm³/mol. The van der Waals surface area contributed by atoms with Gasteiger partial charge in [0.25, 0.3) is 0 Å². The SMILES string of the molecule is O=C(CCCO)Nc1ccc2nccnc2c1Br. The summed E-state index contributed by atoms with van der Waals surface area (Å²) in [5.41, 5.74) is 2.13. The molecular formula is C12H12BrN3O2. The number of nitrogens with zero attached hydrogens (tertiary/aromatic N) is 2. The van der Waals surface area contributed by atoms with Crippen molar-refractivity contribution in [3.63, 3.8) is 0 Å². The highest BCUT2D eigenvalue weighted by Gasteiger charge is 2.09. The number of benzene rings is 1. The van der Waals surface area contributed by atoms with Gasteiger partial charge in [-0.05, 0) is 34.5 Å². The van der Waals surface area contributed by atoms with E-state index >= 15 is 0 Å². The fourth-order valence-electron chi connectivity index (χ4n) is 1.55. The first-order valence-electron chi connectivity index (χ1n) is 5.52. The van der Waals surface area contributed by atoms with Gasteiger partial charge < -0.3 is 10.4 Å². The number of aliphatic hydroxyl groups is 1. The zero-order chi connectivity index (χ0) is 13.0. The van der Waals surface area contributed by atoms with E-state index in [0.717, 1.165) is 5.52 Å². The lowest BCUT2D eigenvalue weighted by atomic mass is 10.2. The van der Waals surface area contributed by atoms with Crippen molar-refractivity contribution in [2.24, 2.45) is 0 Å². The van der Waals surface area contributed by atoms with Crippen molar-refractivity contribution in [3.8, 4) is 0 Å². The van der Waals surface area contributed by atoms with Gasteiger partial charge in [-0.25, -0.2) is 0 Å². The molecule has 1 amide bonds. The van der Waals surface area contributed by atoms with E-state index in [4.69, 9.17) is 5.11 Å². The molecule has 94 valence electrons. The summed E-state index contributed by atoms with van der Waals surface area (Å²) < 4.78 is 0.713. The Morgan fingerprint density at radius 2 is 2.11 bits per heavy atom. The molecule has 18 heavy (non-hydrogen) atoms. The number of nitrogens with one attached hydrogen (secondary N) is 1. The van der Waals surface area contributed by atoms with Crippen LogP contribution in [-0.2, 0) is 4.79 Å². The predicted octanol–water partition coefficient (Wildman–Crippen LogP) is 2.10. The number of hydrogen-bond acceptors (Lipinski definition) is 4. The van der Waals surface area contributed by atoms with Gasteiger partial charge in [-0.3, -0.25) is 14.8 Å². The van der Waals surface area contributed by atoms with Gasteiger partial charge >= 0.3 is 0 Å². The molecule has 0 aliphatic heterocycles. The maximum absolute atomic E-state index is 11.6. The second kappa shape index (κ2) is 5.88. The largest absolute Gasteiger partial charge is 0.396 e. The average Bonchev–Trinajstić information content (AvgIpc) is 2.40. The van der Waals surface area contributed by atoms with E-state index in [1.165, 1.54) is 0 Å². The van der Waals surface area contributed by atoms with Crippen LogP contribution >= 0.6 is 15.9 Å².